The van der Waals surface area contributed by atoms with Crippen LogP contribution in [-0.2, 0) is 19.5 Å². The van der Waals surface area contributed by atoms with E-state index in [1.807, 2.05) is 0 Å². The van der Waals surface area contributed by atoms with Crippen LogP contribution < -0.4 is 0 Å². The molecular formula is C6HBr5SZn. The Labute approximate surface area is 137 Å². The van der Waals surface area contributed by atoms with E-state index in [-0.39, 0.29) is 19.5 Å². The van der Waals surface area contributed by atoms with Crippen molar-refractivity contribution in [3.05, 3.63) is 22.4 Å². The van der Waals surface area contributed by atoms with Crippen LogP contribution in [0.2, 0.25) is 0 Å². The van der Waals surface area contributed by atoms with Gasteiger partial charge in [0.25, 0.3) is 0 Å². The van der Waals surface area contributed by atoms with Crippen molar-refractivity contribution in [3.8, 4) is 0 Å². The minimum atomic E-state index is 0. The smallest absolute Gasteiger partial charge is 0.0483 e. The molecule has 0 atom stereocenters. The first-order valence-corrected chi connectivity index (χ1v) is 7.08. The van der Waals surface area contributed by atoms with Gasteiger partial charge in [-0.25, -0.2) is 0 Å². The van der Waals surface area contributed by atoms with Crippen LogP contribution in [-0.4, -0.2) is 0 Å². The first-order valence-electron chi connectivity index (χ1n) is 2.67. The summed E-state index contributed by atoms with van der Waals surface area (Å²) >= 11 is 21.4. The molecule has 0 N–H and O–H groups in total. The standard InChI is InChI=1S/C6HBr5S.Zn/c7-1-2(8)4(10)6(12)5(11)3(1)9;/h12H;. The second kappa shape index (κ2) is 6.36. The van der Waals surface area contributed by atoms with Crippen molar-refractivity contribution >= 4 is 92.3 Å². The molecule has 0 aliphatic rings. The topological polar surface area (TPSA) is 0 Å². The predicted octanol–water partition coefficient (Wildman–Crippen LogP) is 5.79. The Morgan fingerprint density at radius 3 is 1.15 bits per heavy atom. The molecule has 0 amide bonds. The Hall–Kier alpha value is 2.59. The van der Waals surface area contributed by atoms with Crippen LogP contribution in [0.25, 0.3) is 0 Å². The molecule has 0 saturated heterocycles. The van der Waals surface area contributed by atoms with Crippen LogP contribution in [0.5, 0.6) is 0 Å². The molecule has 1 rings (SSSR count). The Balaban J connectivity index is 0.00000144. The van der Waals surface area contributed by atoms with Crippen molar-refractivity contribution in [2.45, 2.75) is 4.90 Å². The van der Waals surface area contributed by atoms with Crippen molar-refractivity contribution in [1.82, 2.24) is 0 Å². The van der Waals surface area contributed by atoms with Crippen LogP contribution in [0.3, 0.4) is 0 Å². The normalized spacial score (nSPS) is 9.69. The maximum atomic E-state index is 4.32. The zero-order valence-electron chi connectivity index (χ0n) is 6.04. The van der Waals surface area contributed by atoms with Gasteiger partial charge >= 0.3 is 0 Å². The van der Waals surface area contributed by atoms with E-state index in [4.69, 9.17) is 0 Å². The molecule has 68 valence electrons. The van der Waals surface area contributed by atoms with Gasteiger partial charge in [0.2, 0.25) is 0 Å². The molecule has 0 aliphatic carbocycles. The number of thiol groups is 1. The Morgan fingerprint density at radius 2 is 0.846 bits per heavy atom. The molecule has 0 aromatic heterocycles. The van der Waals surface area contributed by atoms with Gasteiger partial charge in [0.15, 0.2) is 0 Å². The zero-order chi connectivity index (χ0) is 9.46. The number of halogens is 5. The number of benzene rings is 1. The first-order chi connectivity index (χ1) is 5.46. The SMILES string of the molecule is Sc1c(Br)c(Br)c(Br)c(Br)c1Br.[Zn]. The summed E-state index contributed by atoms with van der Waals surface area (Å²) in [7, 11) is 0. The molecule has 0 unspecified atom stereocenters. The maximum Gasteiger partial charge on any atom is 0.0483 e. The minimum Gasteiger partial charge on any atom is -0.141 e. The Bertz CT molecular complexity index is 235. The van der Waals surface area contributed by atoms with Gasteiger partial charge in [-0.1, -0.05) is 0 Å². The van der Waals surface area contributed by atoms with E-state index in [1.165, 1.54) is 0 Å². The molecule has 1 aromatic rings. The summed E-state index contributed by atoms with van der Waals surface area (Å²) in [6.45, 7) is 0. The van der Waals surface area contributed by atoms with Crippen molar-refractivity contribution < 1.29 is 19.5 Å². The molecule has 0 fully saturated rings. The fourth-order valence-electron chi connectivity index (χ4n) is 0.593. The quantitative estimate of drug-likeness (QED) is 0.174. The van der Waals surface area contributed by atoms with Crippen LogP contribution in [0.1, 0.15) is 0 Å². The molecule has 0 nitrogen and oxygen atoms in total. The third-order valence-electron chi connectivity index (χ3n) is 1.19. The summed E-state index contributed by atoms with van der Waals surface area (Å²) in [6.07, 6.45) is 0. The van der Waals surface area contributed by atoms with E-state index >= 15 is 0 Å². The van der Waals surface area contributed by atoms with Crippen LogP contribution in [0.4, 0.5) is 0 Å². The Kier molecular flexibility index (Phi) is 7.63. The number of rotatable bonds is 0. The zero-order valence-corrected chi connectivity index (χ0v) is 17.8. The van der Waals surface area contributed by atoms with Gasteiger partial charge in [-0.05, 0) is 79.6 Å². The molecule has 0 radical (unpaired) electrons. The second-order valence-corrected chi connectivity index (χ2v) is 6.33. The van der Waals surface area contributed by atoms with Crippen molar-refractivity contribution in [2.75, 3.05) is 0 Å². The molecule has 1 aromatic carbocycles. The van der Waals surface area contributed by atoms with Crippen LogP contribution >= 0.6 is 92.3 Å². The fourth-order valence-corrected chi connectivity index (χ4v) is 4.17. The molecule has 7 heteroatoms. The summed E-state index contributed by atoms with van der Waals surface area (Å²) in [5.41, 5.74) is 0. The monoisotopic (exact) mass is 564 g/mol. The molecular weight excluding hydrogens is 569 g/mol. The van der Waals surface area contributed by atoms with Crippen molar-refractivity contribution in [1.29, 1.82) is 0 Å². The van der Waals surface area contributed by atoms with E-state index < -0.39 is 0 Å². The predicted molar refractivity (Wildman–Crippen MR) is 72.2 cm³/mol. The summed E-state index contributed by atoms with van der Waals surface area (Å²) in [5, 5.41) is 0. The summed E-state index contributed by atoms with van der Waals surface area (Å²) in [6, 6.07) is 0. The number of hydrogen-bond acceptors (Lipinski definition) is 1. The van der Waals surface area contributed by atoms with E-state index in [2.05, 4.69) is 92.3 Å². The fraction of sp³-hybridized carbons (Fsp3) is 0. The first kappa shape index (κ1) is 15.6. The summed E-state index contributed by atoms with van der Waals surface area (Å²) in [5.74, 6) is 0. The molecule has 0 heterocycles. The largest absolute Gasteiger partial charge is 0.141 e. The van der Waals surface area contributed by atoms with Gasteiger partial charge in [-0.15, -0.1) is 12.6 Å². The minimum absolute atomic E-state index is 0. The van der Waals surface area contributed by atoms with Crippen molar-refractivity contribution in [2.24, 2.45) is 0 Å². The summed E-state index contributed by atoms with van der Waals surface area (Å²) in [4.78, 5) is 0.858. The van der Waals surface area contributed by atoms with Gasteiger partial charge in [0.05, 0.1) is 0 Å². The summed E-state index contributed by atoms with van der Waals surface area (Å²) < 4.78 is 4.70. The van der Waals surface area contributed by atoms with E-state index in [0.717, 1.165) is 27.3 Å². The molecule has 0 spiro atoms. The van der Waals surface area contributed by atoms with Crippen LogP contribution in [0.15, 0.2) is 27.3 Å². The maximum absolute atomic E-state index is 4.32. The van der Waals surface area contributed by atoms with Gasteiger partial charge in [0.1, 0.15) is 0 Å². The molecule has 13 heavy (non-hydrogen) atoms. The van der Waals surface area contributed by atoms with Crippen LogP contribution in [0, 0.1) is 0 Å². The van der Waals surface area contributed by atoms with Gasteiger partial charge in [-0.2, -0.15) is 0 Å². The van der Waals surface area contributed by atoms with Gasteiger partial charge < -0.3 is 0 Å². The second-order valence-electron chi connectivity index (χ2n) is 1.92. The molecule has 0 aliphatic heterocycles. The van der Waals surface area contributed by atoms with Gasteiger partial charge in [-0.3, -0.25) is 0 Å². The molecule has 0 bridgehead atoms. The average molecular weight is 570 g/mol. The third-order valence-corrected chi connectivity index (χ3v) is 8.34. The van der Waals surface area contributed by atoms with E-state index in [1.54, 1.807) is 0 Å². The third kappa shape index (κ3) is 3.27. The van der Waals surface area contributed by atoms with E-state index in [9.17, 15) is 0 Å². The average Bonchev–Trinajstić information content (AvgIpc) is 2.08. The molecule has 0 saturated carbocycles. The van der Waals surface area contributed by atoms with E-state index in [0.29, 0.717) is 0 Å². The van der Waals surface area contributed by atoms with Crippen molar-refractivity contribution in [3.63, 3.8) is 0 Å². The number of hydrogen-bond donors (Lipinski definition) is 1. The van der Waals surface area contributed by atoms with Gasteiger partial charge in [0, 0.05) is 46.7 Å². The Morgan fingerprint density at radius 1 is 0.615 bits per heavy atom.